The van der Waals surface area contributed by atoms with Gasteiger partial charge < -0.3 is 14.7 Å². The Morgan fingerprint density at radius 2 is 2.29 bits per heavy atom. The van der Waals surface area contributed by atoms with Crippen molar-refractivity contribution in [2.45, 2.75) is 19.1 Å². The van der Waals surface area contributed by atoms with Crippen LogP contribution in [0.4, 0.5) is 0 Å². The number of carboxylic acid groups (broad SMARTS) is 1. The van der Waals surface area contributed by atoms with E-state index in [1.807, 2.05) is 5.38 Å². The van der Waals surface area contributed by atoms with Crippen LogP contribution in [0.15, 0.2) is 16.8 Å². The van der Waals surface area contributed by atoms with Gasteiger partial charge in [0.15, 0.2) is 6.10 Å². The Morgan fingerprint density at radius 3 is 2.88 bits per heavy atom. The van der Waals surface area contributed by atoms with Crippen molar-refractivity contribution in [3.05, 3.63) is 22.4 Å². The van der Waals surface area contributed by atoms with Gasteiger partial charge in [0, 0.05) is 11.9 Å². The van der Waals surface area contributed by atoms with Crippen molar-refractivity contribution >= 4 is 23.2 Å². The molecule has 1 N–H and O–H groups in total. The minimum absolute atomic E-state index is 0.106. The number of thiophene rings is 1. The number of aliphatic carboxylic acids is 1. The molecule has 1 unspecified atom stereocenters. The van der Waals surface area contributed by atoms with E-state index in [-0.39, 0.29) is 18.6 Å². The zero-order valence-corrected chi connectivity index (χ0v) is 10.1. The van der Waals surface area contributed by atoms with E-state index in [9.17, 15) is 9.59 Å². The third-order valence-electron chi connectivity index (χ3n) is 2.59. The third kappa shape index (κ3) is 2.65. The Labute approximate surface area is 103 Å². The molecule has 2 atom stereocenters. The zero-order chi connectivity index (χ0) is 12.4. The van der Waals surface area contributed by atoms with Gasteiger partial charge in [-0.2, -0.15) is 11.3 Å². The van der Waals surface area contributed by atoms with E-state index >= 15 is 0 Å². The van der Waals surface area contributed by atoms with E-state index in [0.717, 1.165) is 0 Å². The van der Waals surface area contributed by atoms with Gasteiger partial charge in [-0.25, -0.2) is 4.79 Å². The number of nitrogens with zero attached hydrogens (tertiary/aromatic N) is 1. The van der Waals surface area contributed by atoms with Gasteiger partial charge in [0.1, 0.15) is 0 Å². The second-order valence-corrected chi connectivity index (χ2v) is 4.78. The first-order valence-electron chi connectivity index (χ1n) is 5.27. The van der Waals surface area contributed by atoms with E-state index in [4.69, 9.17) is 9.84 Å². The molecule has 1 saturated heterocycles. The second kappa shape index (κ2) is 4.85. The van der Waals surface area contributed by atoms with Gasteiger partial charge in [-0.1, -0.05) is 0 Å². The first-order chi connectivity index (χ1) is 8.08. The molecular weight excluding hydrogens is 242 g/mol. The fraction of sp³-hybridized carbons (Fsp3) is 0.455. The summed E-state index contributed by atoms with van der Waals surface area (Å²) in [7, 11) is 0. The van der Waals surface area contributed by atoms with Crippen LogP contribution < -0.4 is 0 Å². The fourth-order valence-electron chi connectivity index (χ4n) is 1.82. The Hall–Kier alpha value is -1.40. The lowest BCUT2D eigenvalue weighted by Gasteiger charge is -2.34. The van der Waals surface area contributed by atoms with Crippen molar-refractivity contribution in [3.63, 3.8) is 0 Å². The third-order valence-corrected chi connectivity index (χ3v) is 3.27. The van der Waals surface area contributed by atoms with Crippen molar-refractivity contribution in [2.75, 3.05) is 13.1 Å². The average molecular weight is 255 g/mol. The minimum Gasteiger partial charge on any atom is -0.479 e. The topological polar surface area (TPSA) is 66.8 Å². The smallest absolute Gasteiger partial charge is 0.334 e. The normalized spacial score (nSPS) is 24.6. The maximum absolute atomic E-state index is 12.1. The summed E-state index contributed by atoms with van der Waals surface area (Å²) in [5.41, 5.74) is 0.605. The maximum atomic E-state index is 12.1. The van der Waals surface area contributed by atoms with Gasteiger partial charge in [0.05, 0.1) is 18.2 Å². The van der Waals surface area contributed by atoms with E-state index in [1.165, 1.54) is 16.2 Å². The average Bonchev–Trinajstić information content (AvgIpc) is 2.80. The van der Waals surface area contributed by atoms with Gasteiger partial charge in [0.25, 0.3) is 5.91 Å². The maximum Gasteiger partial charge on any atom is 0.334 e. The molecule has 6 heteroatoms. The molecule has 5 nitrogen and oxygen atoms in total. The molecular formula is C11H13NO4S. The highest BCUT2D eigenvalue weighted by molar-refractivity contribution is 7.08. The van der Waals surface area contributed by atoms with E-state index in [1.54, 1.807) is 18.4 Å². The highest BCUT2D eigenvalue weighted by atomic mass is 32.1. The molecule has 0 saturated carbocycles. The fourth-order valence-corrected chi connectivity index (χ4v) is 2.45. The standard InChI is InChI=1S/C11H13NO4S/c1-7-4-12(5-9(16-7)11(14)15)10(13)8-2-3-17-6-8/h2-3,6-7,9H,4-5H2,1H3,(H,14,15)/t7-,9?/m1/s1. The second-order valence-electron chi connectivity index (χ2n) is 4.00. The SMILES string of the molecule is C[C@@H]1CN(C(=O)c2ccsc2)CC(C(=O)O)O1. The van der Waals surface area contributed by atoms with Gasteiger partial charge in [0.2, 0.25) is 0 Å². The Balaban J connectivity index is 2.10. The van der Waals surface area contributed by atoms with Crippen molar-refractivity contribution in [3.8, 4) is 0 Å². The molecule has 17 heavy (non-hydrogen) atoms. The Bertz CT molecular complexity index is 417. The molecule has 2 rings (SSSR count). The minimum atomic E-state index is -1.03. The summed E-state index contributed by atoms with van der Waals surface area (Å²) < 4.78 is 5.25. The van der Waals surface area contributed by atoms with Crippen LogP contribution in [0.25, 0.3) is 0 Å². The summed E-state index contributed by atoms with van der Waals surface area (Å²) in [4.78, 5) is 24.5. The monoisotopic (exact) mass is 255 g/mol. The summed E-state index contributed by atoms with van der Waals surface area (Å²) >= 11 is 1.44. The quantitative estimate of drug-likeness (QED) is 0.858. The van der Waals surface area contributed by atoms with Gasteiger partial charge in [-0.3, -0.25) is 4.79 Å². The van der Waals surface area contributed by atoms with Gasteiger partial charge in [-0.15, -0.1) is 0 Å². The lowest BCUT2D eigenvalue weighted by molar-refractivity contribution is -0.160. The molecule has 1 aromatic rings. The first-order valence-corrected chi connectivity index (χ1v) is 6.22. The van der Waals surface area contributed by atoms with Crippen LogP contribution in [0, 0.1) is 0 Å². The molecule has 1 amide bonds. The van der Waals surface area contributed by atoms with Crippen LogP contribution in [0.5, 0.6) is 0 Å². The van der Waals surface area contributed by atoms with Crippen molar-refractivity contribution in [2.24, 2.45) is 0 Å². The van der Waals surface area contributed by atoms with Crippen LogP contribution >= 0.6 is 11.3 Å². The highest BCUT2D eigenvalue weighted by Gasteiger charge is 2.32. The molecule has 1 aliphatic rings. The number of ether oxygens (including phenoxy) is 1. The van der Waals surface area contributed by atoms with Crippen LogP contribution in [0.3, 0.4) is 0 Å². The summed E-state index contributed by atoms with van der Waals surface area (Å²) in [5.74, 6) is -1.16. The van der Waals surface area contributed by atoms with Crippen molar-refractivity contribution in [1.82, 2.24) is 4.90 Å². The van der Waals surface area contributed by atoms with E-state index in [2.05, 4.69) is 0 Å². The van der Waals surface area contributed by atoms with Gasteiger partial charge >= 0.3 is 5.97 Å². The molecule has 1 fully saturated rings. The number of carbonyl (C=O) groups excluding carboxylic acids is 1. The molecule has 0 aliphatic carbocycles. The predicted octanol–water partition coefficient (Wildman–Crippen LogP) is 1.06. The van der Waals surface area contributed by atoms with Crippen LogP contribution in [0.2, 0.25) is 0 Å². The summed E-state index contributed by atoms with van der Waals surface area (Å²) in [6.45, 7) is 2.30. The number of carboxylic acids is 1. The molecule has 0 bridgehead atoms. The van der Waals surface area contributed by atoms with Crippen molar-refractivity contribution in [1.29, 1.82) is 0 Å². The number of morpholine rings is 1. The number of rotatable bonds is 2. The molecule has 1 aromatic heterocycles. The predicted molar refractivity (Wildman–Crippen MR) is 62.2 cm³/mol. The molecule has 1 aliphatic heterocycles. The number of hydrogen-bond donors (Lipinski definition) is 1. The highest BCUT2D eigenvalue weighted by Crippen LogP contribution is 2.16. The van der Waals surface area contributed by atoms with E-state index < -0.39 is 12.1 Å². The first kappa shape index (κ1) is 12.1. The summed E-state index contributed by atoms with van der Waals surface area (Å²) in [6, 6.07) is 1.74. The number of hydrogen-bond acceptors (Lipinski definition) is 4. The van der Waals surface area contributed by atoms with E-state index in [0.29, 0.717) is 12.1 Å². The molecule has 2 heterocycles. The van der Waals surface area contributed by atoms with Gasteiger partial charge in [-0.05, 0) is 18.4 Å². The molecule has 0 aromatic carbocycles. The Morgan fingerprint density at radius 1 is 1.53 bits per heavy atom. The van der Waals surface area contributed by atoms with Crippen molar-refractivity contribution < 1.29 is 19.4 Å². The van der Waals surface area contributed by atoms with Crippen LogP contribution in [-0.4, -0.2) is 47.2 Å². The molecule has 0 spiro atoms. The van der Waals surface area contributed by atoms with Crippen LogP contribution in [-0.2, 0) is 9.53 Å². The molecule has 0 radical (unpaired) electrons. The summed E-state index contributed by atoms with van der Waals surface area (Å²) in [6.07, 6.45) is -1.19. The lowest BCUT2D eigenvalue weighted by Crippen LogP contribution is -2.51. The Kier molecular flexibility index (Phi) is 3.44. The number of carbonyl (C=O) groups is 2. The largest absolute Gasteiger partial charge is 0.479 e. The number of amides is 1. The lowest BCUT2D eigenvalue weighted by atomic mass is 10.2. The zero-order valence-electron chi connectivity index (χ0n) is 9.33. The van der Waals surface area contributed by atoms with Crippen LogP contribution in [0.1, 0.15) is 17.3 Å². The summed E-state index contributed by atoms with van der Waals surface area (Å²) in [5, 5.41) is 12.5. The molecule has 92 valence electrons.